The Morgan fingerprint density at radius 1 is 1.38 bits per heavy atom. The Morgan fingerprint density at radius 2 is 2.12 bits per heavy atom. The molecule has 1 aromatic rings. The van der Waals surface area contributed by atoms with Crippen LogP contribution in [-0.4, -0.2) is 26.9 Å². The van der Waals surface area contributed by atoms with Gasteiger partial charge >= 0.3 is 0 Å². The fraction of sp³-hybridized carbons (Fsp3) is 0.500. The third-order valence-electron chi connectivity index (χ3n) is 2.25. The molecule has 0 amide bonds. The molecule has 1 rings (SSSR count). The lowest BCUT2D eigenvalue weighted by Crippen LogP contribution is -2.10. The maximum Gasteiger partial charge on any atom is 0.143 e. The van der Waals surface area contributed by atoms with Crippen LogP contribution in [0.3, 0.4) is 0 Å². The van der Waals surface area contributed by atoms with Crippen molar-refractivity contribution in [1.82, 2.24) is 0 Å². The summed E-state index contributed by atoms with van der Waals surface area (Å²) in [6, 6.07) is 3.80. The van der Waals surface area contributed by atoms with Crippen LogP contribution in [0.1, 0.15) is 12.5 Å². The number of nitrogens with one attached hydrogen (secondary N) is 1. The summed E-state index contributed by atoms with van der Waals surface area (Å²) in [5.41, 5.74) is 1.98. The van der Waals surface area contributed by atoms with Gasteiger partial charge in [-0.3, -0.25) is 0 Å². The maximum atomic E-state index is 6.02. The summed E-state index contributed by atoms with van der Waals surface area (Å²) in [7, 11) is 1.63. The van der Waals surface area contributed by atoms with Crippen molar-refractivity contribution in [3.8, 4) is 5.75 Å². The Kier molecular flexibility index (Phi) is 5.43. The van der Waals surface area contributed by atoms with Gasteiger partial charge in [-0.15, -0.1) is 0 Å². The van der Waals surface area contributed by atoms with Gasteiger partial charge in [0.2, 0.25) is 0 Å². The third kappa shape index (κ3) is 3.58. The van der Waals surface area contributed by atoms with Gasteiger partial charge in [-0.2, -0.15) is 0 Å². The van der Waals surface area contributed by atoms with Crippen molar-refractivity contribution >= 4 is 17.3 Å². The Bertz CT molecular complexity index is 342. The van der Waals surface area contributed by atoms with Crippen LogP contribution >= 0.6 is 11.6 Å². The summed E-state index contributed by atoms with van der Waals surface area (Å²) in [4.78, 5) is 0. The molecule has 0 aliphatic rings. The lowest BCUT2D eigenvalue weighted by Gasteiger charge is -2.13. The zero-order valence-electron chi connectivity index (χ0n) is 9.97. The van der Waals surface area contributed by atoms with Crippen LogP contribution in [0.25, 0.3) is 0 Å². The molecule has 16 heavy (non-hydrogen) atoms. The Hall–Kier alpha value is -0.930. The number of aryl methyl sites for hydroxylation is 1. The monoisotopic (exact) mass is 243 g/mol. The normalized spacial score (nSPS) is 10.2. The van der Waals surface area contributed by atoms with Crippen molar-refractivity contribution in [1.29, 1.82) is 0 Å². The molecule has 0 aliphatic carbocycles. The average molecular weight is 244 g/mol. The minimum atomic E-state index is 0.682. The molecule has 0 atom stereocenters. The van der Waals surface area contributed by atoms with Gasteiger partial charge in [-0.25, -0.2) is 0 Å². The molecule has 1 aromatic carbocycles. The SMILES string of the molecule is CCOCCNc1cc(C)c(Cl)cc1OC. The number of hydrogen-bond acceptors (Lipinski definition) is 3. The highest BCUT2D eigenvalue weighted by molar-refractivity contribution is 6.31. The Morgan fingerprint density at radius 3 is 2.75 bits per heavy atom. The van der Waals surface area contributed by atoms with Crippen LogP contribution < -0.4 is 10.1 Å². The predicted molar refractivity (Wildman–Crippen MR) is 67.7 cm³/mol. The van der Waals surface area contributed by atoms with Gasteiger partial charge in [0.25, 0.3) is 0 Å². The first-order chi connectivity index (χ1) is 7.69. The van der Waals surface area contributed by atoms with Gasteiger partial charge in [0.1, 0.15) is 5.75 Å². The van der Waals surface area contributed by atoms with Crippen molar-refractivity contribution in [2.45, 2.75) is 13.8 Å². The highest BCUT2D eigenvalue weighted by Crippen LogP contribution is 2.30. The number of rotatable bonds is 6. The summed E-state index contributed by atoms with van der Waals surface area (Å²) in [6.07, 6.45) is 0. The fourth-order valence-electron chi connectivity index (χ4n) is 1.37. The van der Waals surface area contributed by atoms with Gasteiger partial charge in [0.05, 0.1) is 19.4 Å². The molecule has 0 fully saturated rings. The lowest BCUT2D eigenvalue weighted by atomic mass is 10.2. The van der Waals surface area contributed by atoms with Crippen molar-refractivity contribution in [3.05, 3.63) is 22.7 Å². The summed E-state index contributed by atoms with van der Waals surface area (Å²) in [5, 5.41) is 3.97. The maximum absolute atomic E-state index is 6.02. The highest BCUT2D eigenvalue weighted by atomic mass is 35.5. The first-order valence-electron chi connectivity index (χ1n) is 5.34. The van der Waals surface area contributed by atoms with E-state index in [9.17, 15) is 0 Å². The zero-order chi connectivity index (χ0) is 12.0. The fourth-order valence-corrected chi connectivity index (χ4v) is 1.53. The molecule has 90 valence electrons. The van der Waals surface area contributed by atoms with Crippen LogP contribution in [0, 0.1) is 6.92 Å². The predicted octanol–water partition coefficient (Wildman–Crippen LogP) is 3.11. The summed E-state index contributed by atoms with van der Waals surface area (Å²) < 4.78 is 10.5. The molecule has 0 saturated carbocycles. The number of ether oxygens (including phenoxy) is 2. The number of hydrogen-bond donors (Lipinski definition) is 1. The molecule has 0 spiro atoms. The number of halogens is 1. The minimum Gasteiger partial charge on any atom is -0.495 e. The van der Waals surface area contributed by atoms with E-state index >= 15 is 0 Å². The van der Waals surface area contributed by atoms with Gasteiger partial charge in [0, 0.05) is 24.2 Å². The summed E-state index contributed by atoms with van der Waals surface area (Å²) in [6.45, 7) is 6.12. The topological polar surface area (TPSA) is 30.5 Å². The highest BCUT2D eigenvalue weighted by Gasteiger charge is 2.05. The molecule has 0 aromatic heterocycles. The molecule has 0 bridgehead atoms. The summed E-state index contributed by atoms with van der Waals surface area (Å²) in [5.74, 6) is 0.757. The number of benzene rings is 1. The second kappa shape index (κ2) is 6.61. The summed E-state index contributed by atoms with van der Waals surface area (Å²) >= 11 is 6.02. The molecule has 3 nitrogen and oxygen atoms in total. The van der Waals surface area contributed by atoms with Crippen LogP contribution in [0.15, 0.2) is 12.1 Å². The van der Waals surface area contributed by atoms with Gasteiger partial charge in [0.15, 0.2) is 0 Å². The largest absolute Gasteiger partial charge is 0.495 e. The van der Waals surface area contributed by atoms with E-state index in [1.807, 2.05) is 26.0 Å². The Labute approximate surface area is 102 Å². The smallest absolute Gasteiger partial charge is 0.143 e. The second-order valence-electron chi connectivity index (χ2n) is 3.43. The average Bonchev–Trinajstić information content (AvgIpc) is 2.28. The van der Waals surface area contributed by atoms with Crippen LogP contribution in [0.5, 0.6) is 5.75 Å². The van der Waals surface area contributed by atoms with E-state index in [1.54, 1.807) is 7.11 Å². The molecule has 0 radical (unpaired) electrons. The molecule has 4 heteroatoms. The van der Waals surface area contributed by atoms with Crippen molar-refractivity contribution in [2.24, 2.45) is 0 Å². The van der Waals surface area contributed by atoms with E-state index < -0.39 is 0 Å². The van der Waals surface area contributed by atoms with Crippen molar-refractivity contribution < 1.29 is 9.47 Å². The first kappa shape index (κ1) is 13.1. The van der Waals surface area contributed by atoms with Crippen LogP contribution in [0.2, 0.25) is 5.02 Å². The van der Waals surface area contributed by atoms with Crippen LogP contribution in [0.4, 0.5) is 5.69 Å². The Balaban J connectivity index is 2.66. The van der Waals surface area contributed by atoms with E-state index in [-0.39, 0.29) is 0 Å². The first-order valence-corrected chi connectivity index (χ1v) is 5.72. The van der Waals surface area contributed by atoms with Gasteiger partial charge in [-0.1, -0.05) is 11.6 Å². The second-order valence-corrected chi connectivity index (χ2v) is 3.83. The van der Waals surface area contributed by atoms with Gasteiger partial charge in [-0.05, 0) is 25.5 Å². The molecular formula is C12H18ClNO2. The van der Waals surface area contributed by atoms with E-state index in [1.165, 1.54) is 0 Å². The molecule has 0 unspecified atom stereocenters. The molecule has 1 N–H and O–H groups in total. The molecule has 0 heterocycles. The zero-order valence-corrected chi connectivity index (χ0v) is 10.7. The van der Waals surface area contributed by atoms with Crippen LogP contribution in [-0.2, 0) is 4.74 Å². The van der Waals surface area contributed by atoms with E-state index in [0.717, 1.165) is 30.2 Å². The molecule has 0 aliphatic heterocycles. The van der Waals surface area contributed by atoms with E-state index in [4.69, 9.17) is 21.1 Å². The number of anilines is 1. The molecular weight excluding hydrogens is 226 g/mol. The van der Waals surface area contributed by atoms with E-state index in [2.05, 4.69) is 5.32 Å². The van der Waals surface area contributed by atoms with E-state index in [0.29, 0.717) is 11.6 Å². The van der Waals surface area contributed by atoms with Crippen molar-refractivity contribution in [3.63, 3.8) is 0 Å². The third-order valence-corrected chi connectivity index (χ3v) is 2.65. The lowest BCUT2D eigenvalue weighted by molar-refractivity contribution is 0.158. The van der Waals surface area contributed by atoms with Gasteiger partial charge < -0.3 is 14.8 Å². The quantitative estimate of drug-likeness (QED) is 0.779. The number of methoxy groups -OCH3 is 1. The molecule has 0 saturated heterocycles. The van der Waals surface area contributed by atoms with Crippen molar-refractivity contribution in [2.75, 3.05) is 32.2 Å². The standard InChI is InChI=1S/C12H18ClNO2/c1-4-16-6-5-14-11-7-9(2)10(13)8-12(11)15-3/h7-8,14H,4-6H2,1-3H3. The minimum absolute atomic E-state index is 0.682.